The van der Waals surface area contributed by atoms with E-state index in [9.17, 15) is 9.90 Å². The van der Waals surface area contributed by atoms with E-state index >= 15 is 0 Å². The summed E-state index contributed by atoms with van der Waals surface area (Å²) < 4.78 is 1.56. The molecule has 0 atom stereocenters. The van der Waals surface area contributed by atoms with Gasteiger partial charge in [-0.15, -0.1) is 6.42 Å². The second-order valence-corrected chi connectivity index (χ2v) is 5.32. The highest BCUT2D eigenvalue weighted by Gasteiger charge is 2.12. The molecule has 0 saturated heterocycles. The smallest absolute Gasteiger partial charge is 0.321 e. The molecule has 0 aliphatic rings. The van der Waals surface area contributed by atoms with Gasteiger partial charge in [-0.2, -0.15) is 5.10 Å². The number of benzene rings is 1. The van der Waals surface area contributed by atoms with Gasteiger partial charge in [-0.1, -0.05) is 43.5 Å². The molecule has 2 amide bonds. The minimum atomic E-state index is -0.406. The van der Waals surface area contributed by atoms with Crippen molar-refractivity contribution in [3.05, 3.63) is 35.9 Å². The van der Waals surface area contributed by atoms with Gasteiger partial charge < -0.3 is 10.4 Å². The summed E-state index contributed by atoms with van der Waals surface area (Å²) in [5.74, 6) is 2.84. The summed E-state index contributed by atoms with van der Waals surface area (Å²) >= 11 is 0. The van der Waals surface area contributed by atoms with E-state index in [1.165, 1.54) is 5.56 Å². The molecule has 6 heteroatoms. The van der Waals surface area contributed by atoms with Crippen molar-refractivity contribution in [1.29, 1.82) is 0 Å². The van der Waals surface area contributed by atoms with Crippen LogP contribution < -0.4 is 10.6 Å². The van der Waals surface area contributed by atoms with Crippen molar-refractivity contribution in [3.63, 3.8) is 0 Å². The maximum Gasteiger partial charge on any atom is 0.321 e. The third kappa shape index (κ3) is 4.61. The van der Waals surface area contributed by atoms with Crippen molar-refractivity contribution >= 4 is 11.8 Å². The molecule has 0 fully saturated rings. The third-order valence-electron chi connectivity index (χ3n) is 3.47. The molecular weight excluding hydrogens is 304 g/mol. The largest absolute Gasteiger partial charge is 0.394 e. The van der Waals surface area contributed by atoms with Gasteiger partial charge in [0.1, 0.15) is 5.82 Å². The molecule has 24 heavy (non-hydrogen) atoms. The summed E-state index contributed by atoms with van der Waals surface area (Å²) in [6.45, 7) is 2.51. The predicted molar refractivity (Wildman–Crippen MR) is 94.6 cm³/mol. The second kappa shape index (κ2) is 8.75. The summed E-state index contributed by atoms with van der Waals surface area (Å²) in [5, 5.41) is 18.9. The monoisotopic (exact) mass is 326 g/mol. The molecule has 1 heterocycles. The summed E-state index contributed by atoms with van der Waals surface area (Å²) in [6.07, 6.45) is 7.26. The van der Waals surface area contributed by atoms with Crippen LogP contribution in [0.25, 0.3) is 11.3 Å². The molecule has 0 saturated carbocycles. The zero-order valence-electron chi connectivity index (χ0n) is 13.7. The highest BCUT2D eigenvalue weighted by Crippen LogP contribution is 2.22. The first-order valence-electron chi connectivity index (χ1n) is 7.94. The van der Waals surface area contributed by atoms with Crippen LogP contribution in [0.2, 0.25) is 0 Å². The van der Waals surface area contributed by atoms with Crippen molar-refractivity contribution in [2.24, 2.45) is 0 Å². The van der Waals surface area contributed by atoms with Gasteiger partial charge in [0.25, 0.3) is 0 Å². The number of aliphatic hydroxyl groups is 1. The van der Waals surface area contributed by atoms with Gasteiger partial charge in [0.2, 0.25) is 0 Å². The summed E-state index contributed by atoms with van der Waals surface area (Å²) in [7, 11) is 0. The minimum absolute atomic E-state index is 0.0722. The lowest BCUT2D eigenvalue weighted by molar-refractivity contribution is 0.252. The summed E-state index contributed by atoms with van der Waals surface area (Å²) in [5.41, 5.74) is 2.97. The van der Waals surface area contributed by atoms with Crippen LogP contribution in [0.3, 0.4) is 0 Å². The molecule has 0 radical (unpaired) electrons. The number of aliphatic hydroxyl groups excluding tert-OH is 1. The molecular formula is C18H22N4O2. The lowest BCUT2D eigenvalue weighted by atomic mass is 10.1. The fourth-order valence-electron chi connectivity index (χ4n) is 2.35. The van der Waals surface area contributed by atoms with Crippen molar-refractivity contribution in [3.8, 4) is 23.6 Å². The van der Waals surface area contributed by atoms with E-state index in [2.05, 4.69) is 40.7 Å². The normalized spacial score (nSPS) is 10.2. The number of anilines is 1. The Morgan fingerprint density at radius 2 is 2.12 bits per heavy atom. The first-order chi connectivity index (χ1) is 11.7. The lowest BCUT2D eigenvalue weighted by Crippen LogP contribution is -2.30. The molecule has 0 aliphatic heterocycles. The molecule has 1 aromatic heterocycles. The number of carbonyl (C=O) groups excluding carboxylic acids is 1. The van der Waals surface area contributed by atoms with E-state index in [-0.39, 0.29) is 13.2 Å². The Hall–Kier alpha value is -2.78. The number of urea groups is 1. The average molecular weight is 326 g/mol. The average Bonchev–Trinajstić information content (AvgIpc) is 2.97. The zero-order chi connectivity index (χ0) is 17.4. The molecule has 0 spiro atoms. The highest BCUT2D eigenvalue weighted by molar-refractivity contribution is 5.89. The van der Waals surface area contributed by atoms with E-state index in [1.54, 1.807) is 10.7 Å². The van der Waals surface area contributed by atoms with Gasteiger partial charge in [0.05, 0.1) is 25.4 Å². The van der Waals surface area contributed by atoms with Gasteiger partial charge in [0.15, 0.2) is 0 Å². The Labute approximate surface area is 141 Å². The minimum Gasteiger partial charge on any atom is -0.394 e. The van der Waals surface area contributed by atoms with Crippen LogP contribution in [0, 0.1) is 12.3 Å². The van der Waals surface area contributed by atoms with Crippen LogP contribution in [0.15, 0.2) is 30.3 Å². The fourth-order valence-corrected chi connectivity index (χ4v) is 2.35. The fraction of sp³-hybridized carbons (Fsp3) is 0.333. The molecule has 0 aliphatic carbocycles. The van der Waals surface area contributed by atoms with Crippen molar-refractivity contribution in [2.45, 2.75) is 26.3 Å². The Bertz CT molecular complexity index is 714. The number of aromatic nitrogens is 2. The number of amides is 2. The Morgan fingerprint density at radius 3 is 2.75 bits per heavy atom. The van der Waals surface area contributed by atoms with Gasteiger partial charge in [0, 0.05) is 11.6 Å². The van der Waals surface area contributed by atoms with Crippen molar-refractivity contribution in [1.82, 2.24) is 15.1 Å². The van der Waals surface area contributed by atoms with Gasteiger partial charge in [-0.05, 0) is 12.0 Å². The van der Waals surface area contributed by atoms with Crippen LogP contribution in [0.1, 0.15) is 18.9 Å². The maximum atomic E-state index is 11.8. The summed E-state index contributed by atoms with van der Waals surface area (Å²) in [6, 6.07) is 9.56. The van der Waals surface area contributed by atoms with Gasteiger partial charge in [-0.3, -0.25) is 5.32 Å². The van der Waals surface area contributed by atoms with Crippen molar-refractivity contribution < 1.29 is 9.90 Å². The number of hydrogen-bond donors (Lipinski definition) is 3. The third-order valence-corrected chi connectivity index (χ3v) is 3.47. The molecule has 0 unspecified atom stereocenters. The zero-order valence-corrected chi connectivity index (χ0v) is 13.7. The van der Waals surface area contributed by atoms with Crippen molar-refractivity contribution in [2.75, 3.05) is 18.5 Å². The summed E-state index contributed by atoms with van der Waals surface area (Å²) in [4.78, 5) is 11.8. The van der Waals surface area contributed by atoms with Crippen LogP contribution in [-0.2, 0) is 13.0 Å². The number of nitrogens with one attached hydrogen (secondary N) is 2. The van der Waals surface area contributed by atoms with E-state index in [0.29, 0.717) is 12.4 Å². The van der Waals surface area contributed by atoms with Crippen LogP contribution in [0.4, 0.5) is 10.6 Å². The van der Waals surface area contributed by atoms with E-state index in [0.717, 1.165) is 24.1 Å². The van der Waals surface area contributed by atoms with Crippen LogP contribution in [0.5, 0.6) is 0 Å². The Kier molecular flexibility index (Phi) is 6.41. The second-order valence-electron chi connectivity index (χ2n) is 5.32. The van der Waals surface area contributed by atoms with E-state index in [1.807, 2.05) is 12.1 Å². The Morgan fingerprint density at radius 1 is 1.38 bits per heavy atom. The van der Waals surface area contributed by atoms with Gasteiger partial charge >= 0.3 is 6.03 Å². The Balaban J connectivity index is 2.20. The number of rotatable bonds is 7. The maximum absolute atomic E-state index is 11.8. The number of aryl methyl sites for hydroxylation is 1. The SMILES string of the molecule is C#CCNC(=O)Nc1cc(-c2ccc(CCC)cc2)nn1CCO. The molecule has 1 aromatic carbocycles. The highest BCUT2D eigenvalue weighted by atomic mass is 16.3. The molecule has 2 aromatic rings. The molecule has 126 valence electrons. The van der Waals surface area contributed by atoms with E-state index < -0.39 is 6.03 Å². The number of hydrogen-bond acceptors (Lipinski definition) is 3. The number of carbonyl (C=O) groups is 1. The topological polar surface area (TPSA) is 79.2 Å². The molecule has 2 rings (SSSR count). The van der Waals surface area contributed by atoms with Crippen LogP contribution in [-0.4, -0.2) is 34.1 Å². The number of nitrogens with zero attached hydrogens (tertiary/aromatic N) is 2. The molecule has 0 bridgehead atoms. The molecule has 3 N–H and O–H groups in total. The predicted octanol–water partition coefficient (Wildman–Crippen LogP) is 2.25. The first-order valence-corrected chi connectivity index (χ1v) is 7.94. The van der Waals surface area contributed by atoms with E-state index in [4.69, 9.17) is 6.42 Å². The van der Waals surface area contributed by atoms with Gasteiger partial charge in [-0.25, -0.2) is 9.48 Å². The van der Waals surface area contributed by atoms with Crippen LogP contribution >= 0.6 is 0 Å². The number of terminal acetylenes is 1. The lowest BCUT2D eigenvalue weighted by Gasteiger charge is -2.07. The molecule has 6 nitrogen and oxygen atoms in total. The standard InChI is InChI=1S/C18H22N4O2/c1-3-5-14-6-8-15(9-7-14)16-13-17(22(21-16)11-12-23)20-18(24)19-10-4-2/h2,6-9,13,23H,3,5,10-12H2,1H3,(H2,19,20,24). The quantitative estimate of drug-likeness (QED) is 0.683. The first kappa shape index (κ1) is 17.6.